The van der Waals surface area contributed by atoms with Gasteiger partial charge in [-0.15, -0.1) is 0 Å². The number of hydrogen-bond donors (Lipinski definition) is 1. The molecule has 1 aliphatic heterocycles. The van der Waals surface area contributed by atoms with Crippen LogP contribution in [0.15, 0.2) is 35.6 Å². The van der Waals surface area contributed by atoms with E-state index in [0.717, 1.165) is 16.5 Å². The molecule has 16 heavy (non-hydrogen) atoms. The minimum absolute atomic E-state index is 0.430. The van der Waals surface area contributed by atoms with Crippen LogP contribution < -0.4 is 5.73 Å². The fourth-order valence-corrected chi connectivity index (χ4v) is 1.97. The molecule has 0 bridgehead atoms. The fourth-order valence-electron chi connectivity index (χ4n) is 1.97. The molecule has 0 aliphatic carbocycles. The highest BCUT2D eigenvalue weighted by molar-refractivity contribution is 6.08. The number of nitrogens with two attached hydrogens (primary N) is 1. The van der Waals surface area contributed by atoms with Gasteiger partial charge >= 0.3 is 0 Å². The first-order valence-corrected chi connectivity index (χ1v) is 4.92. The molecule has 0 saturated carbocycles. The normalized spacial score (nSPS) is 13.0. The lowest BCUT2D eigenvalue weighted by Gasteiger charge is -1.99. The Kier molecular flexibility index (Phi) is 1.71. The van der Waals surface area contributed by atoms with Crippen LogP contribution in [-0.2, 0) is 0 Å². The molecule has 1 aromatic heterocycles. The second-order valence-corrected chi connectivity index (χ2v) is 3.62. The maximum Gasteiger partial charge on any atom is 0.250 e. The van der Waals surface area contributed by atoms with Crippen LogP contribution in [0.3, 0.4) is 0 Å². The van der Waals surface area contributed by atoms with Crippen LogP contribution in [0.5, 0.6) is 0 Å². The van der Waals surface area contributed by atoms with E-state index < -0.39 is 5.91 Å². The zero-order valence-corrected chi connectivity index (χ0v) is 8.42. The van der Waals surface area contributed by atoms with Crippen molar-refractivity contribution in [3.63, 3.8) is 0 Å². The van der Waals surface area contributed by atoms with E-state index in [2.05, 4.69) is 5.10 Å². The summed E-state index contributed by atoms with van der Waals surface area (Å²) < 4.78 is 1.69. The Labute approximate surface area is 91.7 Å². The number of allylic oxidation sites excluding steroid dienone is 1. The van der Waals surface area contributed by atoms with E-state index in [1.807, 2.05) is 30.4 Å². The van der Waals surface area contributed by atoms with E-state index in [1.165, 1.54) is 0 Å². The summed E-state index contributed by atoms with van der Waals surface area (Å²) in [5.74, 6) is -0.430. The topological polar surface area (TPSA) is 60.4 Å². The Hall–Kier alpha value is -2.36. The lowest BCUT2D eigenvalue weighted by Crippen LogP contribution is -2.10. The van der Waals surface area contributed by atoms with Crippen molar-refractivity contribution in [2.24, 2.45) is 10.8 Å². The number of hydrogen-bond acceptors (Lipinski definition) is 2. The number of carbonyl (C=O) groups excluding carboxylic acids is 1. The lowest BCUT2D eigenvalue weighted by molar-refractivity contribution is 0.100. The van der Waals surface area contributed by atoms with Crippen LogP contribution in [-0.4, -0.2) is 16.8 Å². The predicted octanol–water partition coefficient (Wildman–Crippen LogP) is 1.60. The molecule has 1 aromatic carbocycles. The van der Waals surface area contributed by atoms with Crippen molar-refractivity contribution in [2.75, 3.05) is 0 Å². The second-order valence-electron chi connectivity index (χ2n) is 3.62. The zero-order chi connectivity index (χ0) is 11.1. The molecule has 0 saturated heterocycles. The molecule has 0 atom stereocenters. The lowest BCUT2D eigenvalue weighted by atomic mass is 10.1. The molecule has 2 aromatic rings. The molecule has 0 unspecified atom stereocenters. The number of amides is 1. The number of primary amides is 1. The maximum absolute atomic E-state index is 11.3. The van der Waals surface area contributed by atoms with Gasteiger partial charge in [0.2, 0.25) is 0 Å². The second kappa shape index (κ2) is 3.06. The number of benzene rings is 1. The summed E-state index contributed by atoms with van der Waals surface area (Å²) in [5, 5.41) is 5.05. The minimum atomic E-state index is -0.430. The Morgan fingerprint density at radius 3 is 3.06 bits per heavy atom. The highest BCUT2D eigenvalue weighted by Crippen LogP contribution is 2.26. The van der Waals surface area contributed by atoms with Crippen molar-refractivity contribution < 1.29 is 4.79 Å². The van der Waals surface area contributed by atoms with E-state index in [0.29, 0.717) is 5.56 Å². The molecule has 78 valence electrons. The number of carbonyl (C=O) groups is 1. The molecule has 2 heterocycles. The van der Waals surface area contributed by atoms with E-state index in [-0.39, 0.29) is 0 Å². The first kappa shape index (κ1) is 8.91. The van der Waals surface area contributed by atoms with Crippen molar-refractivity contribution in [1.29, 1.82) is 0 Å². The molecule has 1 aliphatic rings. The smallest absolute Gasteiger partial charge is 0.250 e. The third-order valence-corrected chi connectivity index (χ3v) is 2.66. The number of nitrogens with zero attached hydrogens (tertiary/aromatic N) is 2. The van der Waals surface area contributed by atoms with Gasteiger partial charge in [-0.25, -0.2) is 4.68 Å². The van der Waals surface area contributed by atoms with Gasteiger partial charge in [-0.1, -0.05) is 24.3 Å². The summed E-state index contributed by atoms with van der Waals surface area (Å²) in [7, 11) is 0. The van der Waals surface area contributed by atoms with Crippen LogP contribution >= 0.6 is 0 Å². The monoisotopic (exact) mass is 211 g/mol. The van der Waals surface area contributed by atoms with Crippen molar-refractivity contribution in [3.05, 3.63) is 41.6 Å². The summed E-state index contributed by atoms with van der Waals surface area (Å²) >= 11 is 0. The number of aromatic nitrogens is 1. The molecule has 0 spiro atoms. The molecule has 1 amide bonds. The number of rotatable bonds is 1. The average Bonchev–Trinajstić information content (AvgIpc) is 2.51. The van der Waals surface area contributed by atoms with Crippen molar-refractivity contribution in [3.8, 4) is 0 Å². The third-order valence-electron chi connectivity index (χ3n) is 2.66. The molecule has 2 N–H and O–H groups in total. The Bertz CT molecular complexity index is 650. The molecule has 4 heteroatoms. The molecule has 3 rings (SSSR count). The highest BCUT2D eigenvalue weighted by Gasteiger charge is 2.14. The van der Waals surface area contributed by atoms with Crippen LogP contribution in [0.4, 0.5) is 0 Å². The van der Waals surface area contributed by atoms with Gasteiger partial charge in [-0.3, -0.25) is 4.79 Å². The largest absolute Gasteiger partial charge is 0.366 e. The SMILES string of the molecule is NC(=O)c1cn2c3c(cccc13)C=CC=N2. The van der Waals surface area contributed by atoms with Gasteiger partial charge in [0.05, 0.1) is 11.1 Å². The molecular formula is C12H9N3O. The van der Waals surface area contributed by atoms with Gasteiger partial charge in [-0.2, -0.15) is 5.10 Å². The average molecular weight is 211 g/mol. The first-order chi connectivity index (χ1) is 7.77. The van der Waals surface area contributed by atoms with Crippen molar-refractivity contribution in [1.82, 2.24) is 4.68 Å². The van der Waals surface area contributed by atoms with Gasteiger partial charge in [-0.05, 0) is 6.08 Å². The van der Waals surface area contributed by atoms with E-state index >= 15 is 0 Å². The van der Waals surface area contributed by atoms with Gasteiger partial charge in [0.1, 0.15) is 0 Å². The Morgan fingerprint density at radius 1 is 1.38 bits per heavy atom. The number of para-hydroxylation sites is 1. The predicted molar refractivity (Wildman–Crippen MR) is 63.4 cm³/mol. The van der Waals surface area contributed by atoms with Crippen LogP contribution in [0.25, 0.3) is 17.0 Å². The highest BCUT2D eigenvalue weighted by atomic mass is 16.1. The van der Waals surface area contributed by atoms with Crippen molar-refractivity contribution >= 4 is 29.1 Å². The maximum atomic E-state index is 11.3. The Morgan fingerprint density at radius 2 is 2.25 bits per heavy atom. The van der Waals surface area contributed by atoms with E-state index in [4.69, 9.17) is 5.73 Å². The summed E-state index contributed by atoms with van der Waals surface area (Å²) in [6, 6.07) is 5.77. The van der Waals surface area contributed by atoms with Gasteiger partial charge in [0, 0.05) is 23.4 Å². The quantitative estimate of drug-likeness (QED) is 0.765. The zero-order valence-electron chi connectivity index (χ0n) is 8.42. The molecule has 0 fully saturated rings. The van der Waals surface area contributed by atoms with Crippen molar-refractivity contribution in [2.45, 2.75) is 0 Å². The van der Waals surface area contributed by atoms with E-state index in [1.54, 1.807) is 17.1 Å². The van der Waals surface area contributed by atoms with Gasteiger partial charge < -0.3 is 5.73 Å². The minimum Gasteiger partial charge on any atom is -0.366 e. The summed E-state index contributed by atoms with van der Waals surface area (Å²) in [5.41, 5.74) is 7.79. The molecule has 4 nitrogen and oxygen atoms in total. The van der Waals surface area contributed by atoms with Gasteiger partial charge in [0.25, 0.3) is 5.91 Å². The van der Waals surface area contributed by atoms with E-state index in [9.17, 15) is 4.79 Å². The summed E-state index contributed by atoms with van der Waals surface area (Å²) in [4.78, 5) is 11.3. The fraction of sp³-hybridized carbons (Fsp3) is 0. The van der Waals surface area contributed by atoms with Crippen LogP contribution in [0.1, 0.15) is 15.9 Å². The van der Waals surface area contributed by atoms with Gasteiger partial charge in [0.15, 0.2) is 0 Å². The van der Waals surface area contributed by atoms with Crippen LogP contribution in [0, 0.1) is 0 Å². The summed E-state index contributed by atoms with van der Waals surface area (Å²) in [6.07, 6.45) is 7.18. The molecule has 0 radical (unpaired) electrons. The summed E-state index contributed by atoms with van der Waals surface area (Å²) in [6.45, 7) is 0. The third kappa shape index (κ3) is 1.10. The van der Waals surface area contributed by atoms with Crippen LogP contribution in [0.2, 0.25) is 0 Å². The molecular weight excluding hydrogens is 202 g/mol. The standard InChI is InChI=1S/C12H9N3O/c13-12(16)10-7-15-11-8(4-2-6-14-15)3-1-5-9(10)11/h1-7H,(H2,13,16). The Balaban J connectivity index is 2.49. The first-order valence-electron chi connectivity index (χ1n) is 4.92.